The highest BCUT2D eigenvalue weighted by atomic mass is 32.2. The predicted octanol–water partition coefficient (Wildman–Crippen LogP) is 1.66. The van der Waals surface area contributed by atoms with Crippen molar-refractivity contribution < 1.29 is 13.2 Å². The smallest absolute Gasteiger partial charge is 0.243 e. The molecule has 144 valence electrons. The highest BCUT2D eigenvalue weighted by Crippen LogP contribution is 2.21. The molecule has 0 spiro atoms. The van der Waals surface area contributed by atoms with E-state index < -0.39 is 10.0 Å². The number of aryl methyl sites for hydroxylation is 1. The molecule has 0 radical (unpaired) electrons. The predicted molar refractivity (Wildman–Crippen MR) is 101 cm³/mol. The molecule has 0 aliphatic carbocycles. The lowest BCUT2D eigenvalue weighted by molar-refractivity contribution is -0.121. The molecular weight excluding hydrogens is 350 g/mol. The van der Waals surface area contributed by atoms with Crippen molar-refractivity contribution in [1.82, 2.24) is 14.9 Å². The summed E-state index contributed by atoms with van der Waals surface area (Å²) in [5, 5.41) is 6.37. The van der Waals surface area contributed by atoms with Crippen LogP contribution in [0, 0.1) is 0 Å². The maximum Gasteiger partial charge on any atom is 0.243 e. The summed E-state index contributed by atoms with van der Waals surface area (Å²) in [7, 11) is -3.38. The second-order valence-electron chi connectivity index (χ2n) is 7.20. The number of carbonyl (C=O) groups is 1. The summed E-state index contributed by atoms with van der Waals surface area (Å²) < 4.78 is 26.9. The Morgan fingerprint density at radius 3 is 2.38 bits per heavy atom. The SMILES string of the molecule is O=C(CCc1ccc(S(=O)(=O)N2CCCCC2)cc1)NC1CCNCC1. The Labute approximate surface area is 156 Å². The molecule has 2 saturated heterocycles. The summed E-state index contributed by atoms with van der Waals surface area (Å²) in [4.78, 5) is 12.4. The van der Waals surface area contributed by atoms with Crippen molar-refractivity contribution >= 4 is 15.9 Å². The van der Waals surface area contributed by atoms with Gasteiger partial charge in [0, 0.05) is 25.6 Å². The van der Waals surface area contributed by atoms with E-state index in [1.165, 1.54) is 0 Å². The molecule has 1 aromatic rings. The number of sulfonamides is 1. The Bertz CT molecular complexity index is 691. The third-order valence-corrected chi connectivity index (χ3v) is 7.13. The van der Waals surface area contributed by atoms with Gasteiger partial charge in [0.05, 0.1) is 4.90 Å². The average Bonchev–Trinajstić information content (AvgIpc) is 2.68. The monoisotopic (exact) mass is 379 g/mol. The van der Waals surface area contributed by atoms with Crippen LogP contribution in [0.15, 0.2) is 29.2 Å². The van der Waals surface area contributed by atoms with Gasteiger partial charge >= 0.3 is 0 Å². The standard InChI is InChI=1S/C19H29N3O3S/c23-19(21-17-10-12-20-13-11-17)9-6-16-4-7-18(8-5-16)26(24,25)22-14-2-1-3-15-22/h4-5,7-8,17,20H,1-3,6,9-15H2,(H,21,23). The minimum absolute atomic E-state index is 0.0712. The number of hydrogen-bond donors (Lipinski definition) is 2. The molecule has 0 saturated carbocycles. The van der Waals surface area contributed by atoms with E-state index in [9.17, 15) is 13.2 Å². The van der Waals surface area contributed by atoms with E-state index in [2.05, 4.69) is 10.6 Å². The molecule has 2 fully saturated rings. The lowest BCUT2D eigenvalue weighted by atomic mass is 10.1. The van der Waals surface area contributed by atoms with Gasteiger partial charge in [-0.05, 0) is 62.9 Å². The fourth-order valence-corrected chi connectivity index (χ4v) is 5.12. The van der Waals surface area contributed by atoms with Crippen LogP contribution in [-0.4, -0.2) is 50.9 Å². The van der Waals surface area contributed by atoms with Gasteiger partial charge in [-0.1, -0.05) is 18.6 Å². The molecule has 2 heterocycles. The van der Waals surface area contributed by atoms with Crippen LogP contribution in [0.1, 0.15) is 44.1 Å². The molecule has 6 nitrogen and oxygen atoms in total. The maximum absolute atomic E-state index is 12.6. The van der Waals surface area contributed by atoms with Gasteiger partial charge in [0.1, 0.15) is 0 Å². The molecule has 1 amide bonds. The van der Waals surface area contributed by atoms with E-state index in [0.717, 1.165) is 50.8 Å². The van der Waals surface area contributed by atoms with Crippen LogP contribution in [0.3, 0.4) is 0 Å². The number of amides is 1. The van der Waals surface area contributed by atoms with Crippen LogP contribution in [-0.2, 0) is 21.2 Å². The zero-order valence-electron chi connectivity index (χ0n) is 15.2. The topological polar surface area (TPSA) is 78.5 Å². The van der Waals surface area contributed by atoms with E-state index in [4.69, 9.17) is 0 Å². The molecule has 0 bridgehead atoms. The average molecular weight is 380 g/mol. The lowest BCUT2D eigenvalue weighted by Crippen LogP contribution is -2.42. The maximum atomic E-state index is 12.6. The number of benzene rings is 1. The number of hydrogen-bond acceptors (Lipinski definition) is 4. The minimum atomic E-state index is -3.38. The van der Waals surface area contributed by atoms with Crippen molar-refractivity contribution in [3.8, 4) is 0 Å². The molecule has 7 heteroatoms. The van der Waals surface area contributed by atoms with E-state index in [1.807, 2.05) is 12.1 Å². The van der Waals surface area contributed by atoms with Crippen molar-refractivity contribution in [2.45, 2.75) is 55.9 Å². The Morgan fingerprint density at radius 2 is 1.73 bits per heavy atom. The first-order valence-electron chi connectivity index (χ1n) is 9.65. The minimum Gasteiger partial charge on any atom is -0.353 e. The molecule has 0 atom stereocenters. The highest BCUT2D eigenvalue weighted by Gasteiger charge is 2.25. The molecule has 2 aliphatic rings. The van der Waals surface area contributed by atoms with E-state index in [0.29, 0.717) is 30.8 Å². The molecular formula is C19H29N3O3S. The summed E-state index contributed by atoms with van der Waals surface area (Å²) >= 11 is 0. The number of rotatable bonds is 6. The van der Waals surface area contributed by atoms with Gasteiger partial charge in [-0.2, -0.15) is 4.31 Å². The van der Waals surface area contributed by atoms with Crippen molar-refractivity contribution in [2.75, 3.05) is 26.2 Å². The van der Waals surface area contributed by atoms with Gasteiger partial charge in [0.25, 0.3) is 0 Å². The van der Waals surface area contributed by atoms with Crippen molar-refractivity contribution in [1.29, 1.82) is 0 Å². The quantitative estimate of drug-likeness (QED) is 0.788. The van der Waals surface area contributed by atoms with Crippen molar-refractivity contribution in [2.24, 2.45) is 0 Å². The van der Waals surface area contributed by atoms with Crippen LogP contribution in [0.25, 0.3) is 0 Å². The third kappa shape index (κ3) is 5.05. The van der Waals surface area contributed by atoms with E-state index >= 15 is 0 Å². The highest BCUT2D eigenvalue weighted by molar-refractivity contribution is 7.89. The van der Waals surface area contributed by atoms with Crippen LogP contribution in [0.2, 0.25) is 0 Å². The van der Waals surface area contributed by atoms with Crippen molar-refractivity contribution in [3.63, 3.8) is 0 Å². The second-order valence-corrected chi connectivity index (χ2v) is 9.14. The molecule has 3 rings (SSSR count). The summed E-state index contributed by atoms with van der Waals surface area (Å²) in [6.45, 7) is 3.14. The molecule has 26 heavy (non-hydrogen) atoms. The first kappa shape index (κ1) is 19.3. The Morgan fingerprint density at radius 1 is 1.08 bits per heavy atom. The van der Waals surface area contributed by atoms with Crippen LogP contribution < -0.4 is 10.6 Å². The summed E-state index contributed by atoms with van der Waals surface area (Å²) in [6.07, 6.45) is 5.99. The molecule has 0 aromatic heterocycles. The summed E-state index contributed by atoms with van der Waals surface area (Å²) in [5.41, 5.74) is 0.989. The number of nitrogens with one attached hydrogen (secondary N) is 2. The van der Waals surface area contributed by atoms with Gasteiger partial charge in [0.15, 0.2) is 0 Å². The first-order valence-corrected chi connectivity index (χ1v) is 11.1. The number of carbonyl (C=O) groups excluding carboxylic acids is 1. The third-order valence-electron chi connectivity index (χ3n) is 5.22. The van der Waals surface area contributed by atoms with Crippen LogP contribution in [0.5, 0.6) is 0 Å². The van der Waals surface area contributed by atoms with Gasteiger partial charge < -0.3 is 10.6 Å². The molecule has 2 N–H and O–H groups in total. The zero-order chi connectivity index (χ0) is 18.4. The zero-order valence-corrected chi connectivity index (χ0v) is 16.1. The Hall–Kier alpha value is -1.44. The van der Waals surface area contributed by atoms with Gasteiger partial charge in [-0.15, -0.1) is 0 Å². The normalized spacial score (nSPS) is 20.0. The van der Waals surface area contributed by atoms with E-state index in [-0.39, 0.29) is 11.9 Å². The van der Waals surface area contributed by atoms with Gasteiger partial charge in [-0.3, -0.25) is 4.79 Å². The number of piperidine rings is 2. The molecule has 2 aliphatic heterocycles. The van der Waals surface area contributed by atoms with Crippen LogP contribution in [0.4, 0.5) is 0 Å². The fraction of sp³-hybridized carbons (Fsp3) is 0.632. The lowest BCUT2D eigenvalue weighted by Gasteiger charge is -2.25. The number of nitrogens with zero attached hydrogens (tertiary/aromatic N) is 1. The first-order chi connectivity index (χ1) is 12.6. The summed E-state index contributed by atoms with van der Waals surface area (Å²) in [6, 6.07) is 7.28. The summed E-state index contributed by atoms with van der Waals surface area (Å²) in [5.74, 6) is 0.0712. The fourth-order valence-electron chi connectivity index (χ4n) is 3.61. The second kappa shape index (κ2) is 8.97. The van der Waals surface area contributed by atoms with Crippen molar-refractivity contribution in [3.05, 3.63) is 29.8 Å². The van der Waals surface area contributed by atoms with Gasteiger partial charge in [-0.25, -0.2) is 8.42 Å². The van der Waals surface area contributed by atoms with E-state index in [1.54, 1.807) is 16.4 Å². The Balaban J connectivity index is 1.51. The largest absolute Gasteiger partial charge is 0.353 e. The molecule has 0 unspecified atom stereocenters. The van der Waals surface area contributed by atoms with Gasteiger partial charge in [0.2, 0.25) is 15.9 Å². The van der Waals surface area contributed by atoms with Crippen LogP contribution >= 0.6 is 0 Å². The molecule has 1 aromatic carbocycles. The Kier molecular flexibility index (Phi) is 6.67.